The Labute approximate surface area is 55.8 Å². The van der Waals surface area contributed by atoms with E-state index in [1.54, 1.807) is 0 Å². The van der Waals surface area contributed by atoms with Crippen LogP contribution in [0.1, 0.15) is 20.8 Å². The van der Waals surface area contributed by atoms with Gasteiger partial charge in [-0.1, -0.05) is 13.8 Å². The number of hydrogen-bond acceptors (Lipinski definition) is 2. The van der Waals surface area contributed by atoms with E-state index in [9.17, 15) is 0 Å². The molecule has 0 amide bonds. The van der Waals surface area contributed by atoms with Gasteiger partial charge in [0.25, 0.3) is 0 Å². The van der Waals surface area contributed by atoms with Crippen LogP contribution in [0.5, 0.6) is 0 Å². The summed E-state index contributed by atoms with van der Waals surface area (Å²) in [7, 11) is 0. The minimum absolute atomic E-state index is 0.218. The van der Waals surface area contributed by atoms with E-state index >= 15 is 0 Å². The summed E-state index contributed by atoms with van der Waals surface area (Å²) in [6.45, 7) is 6.11. The number of rotatable bonds is 0. The van der Waals surface area contributed by atoms with E-state index in [-0.39, 0.29) is 6.10 Å². The van der Waals surface area contributed by atoms with Crippen molar-refractivity contribution in [2.45, 2.75) is 33.2 Å². The van der Waals surface area contributed by atoms with Crippen molar-refractivity contribution < 1.29 is 9.84 Å². The van der Waals surface area contributed by atoms with Crippen molar-refractivity contribution in [3.05, 3.63) is 0 Å². The number of ether oxygens (including phenoxy) is 1. The van der Waals surface area contributed by atoms with E-state index in [4.69, 9.17) is 9.84 Å². The molecule has 1 heterocycles. The second-order valence-electron chi connectivity index (χ2n) is 2.95. The fourth-order valence-corrected chi connectivity index (χ4v) is 1.15. The molecule has 0 aromatic rings. The van der Waals surface area contributed by atoms with Gasteiger partial charge in [0, 0.05) is 5.92 Å². The number of aliphatic hydroxyl groups excluding tert-OH is 1. The first-order chi connectivity index (χ1) is 4.13. The lowest BCUT2D eigenvalue weighted by atomic mass is 9.95. The molecule has 1 aliphatic rings. The Bertz CT molecular complexity index is 91.1. The van der Waals surface area contributed by atoms with Crippen molar-refractivity contribution in [3.63, 3.8) is 0 Å². The van der Waals surface area contributed by atoms with E-state index < -0.39 is 6.29 Å². The van der Waals surface area contributed by atoms with Crippen molar-refractivity contribution in [3.8, 4) is 0 Å². The lowest BCUT2D eigenvalue weighted by Crippen LogP contribution is -2.14. The van der Waals surface area contributed by atoms with Crippen LogP contribution in [0.2, 0.25) is 0 Å². The molecular formula is C7H14O2. The molecule has 4 atom stereocenters. The van der Waals surface area contributed by atoms with Gasteiger partial charge in [0.2, 0.25) is 0 Å². The van der Waals surface area contributed by atoms with E-state index in [1.807, 2.05) is 13.8 Å². The molecule has 2 heteroatoms. The maximum atomic E-state index is 9.12. The fraction of sp³-hybridized carbons (Fsp3) is 1.00. The molecule has 0 aromatic heterocycles. The normalized spacial score (nSPS) is 52.0. The predicted octanol–water partition coefficient (Wildman–Crippen LogP) is 0.996. The average molecular weight is 130 g/mol. The van der Waals surface area contributed by atoms with Gasteiger partial charge in [0.1, 0.15) is 0 Å². The summed E-state index contributed by atoms with van der Waals surface area (Å²) in [6.07, 6.45) is -0.315. The van der Waals surface area contributed by atoms with Crippen LogP contribution in [-0.2, 0) is 4.74 Å². The molecular weight excluding hydrogens is 116 g/mol. The predicted molar refractivity (Wildman–Crippen MR) is 34.9 cm³/mol. The maximum absolute atomic E-state index is 9.12. The first-order valence-corrected chi connectivity index (χ1v) is 3.46. The van der Waals surface area contributed by atoms with Gasteiger partial charge in [-0.2, -0.15) is 0 Å². The van der Waals surface area contributed by atoms with Gasteiger partial charge in [-0.05, 0) is 12.8 Å². The molecule has 0 aromatic carbocycles. The lowest BCUT2D eigenvalue weighted by molar-refractivity contribution is -0.101. The number of aliphatic hydroxyl groups is 1. The summed E-state index contributed by atoms with van der Waals surface area (Å²) in [5.41, 5.74) is 0. The molecule has 0 saturated carbocycles. The Balaban J connectivity index is 2.54. The Kier molecular flexibility index (Phi) is 1.78. The SMILES string of the molecule is CC1OC(O)C(C)[C@@H]1C. The summed E-state index contributed by atoms with van der Waals surface area (Å²) in [5, 5.41) is 9.12. The quantitative estimate of drug-likeness (QED) is 0.530. The Morgan fingerprint density at radius 3 is 1.78 bits per heavy atom. The minimum atomic E-state index is -0.532. The highest BCUT2D eigenvalue weighted by molar-refractivity contribution is 4.76. The third-order valence-electron chi connectivity index (χ3n) is 2.37. The second-order valence-corrected chi connectivity index (χ2v) is 2.95. The molecule has 0 aliphatic carbocycles. The van der Waals surface area contributed by atoms with E-state index in [2.05, 4.69) is 6.92 Å². The monoisotopic (exact) mass is 130 g/mol. The van der Waals surface area contributed by atoms with Crippen LogP contribution >= 0.6 is 0 Å². The van der Waals surface area contributed by atoms with Gasteiger partial charge in [0.15, 0.2) is 6.29 Å². The number of hydrogen-bond donors (Lipinski definition) is 1. The topological polar surface area (TPSA) is 29.5 Å². The van der Waals surface area contributed by atoms with Crippen LogP contribution in [0.25, 0.3) is 0 Å². The van der Waals surface area contributed by atoms with Gasteiger partial charge in [-0.15, -0.1) is 0 Å². The Morgan fingerprint density at radius 2 is 1.67 bits per heavy atom. The highest BCUT2D eigenvalue weighted by atomic mass is 16.6. The summed E-state index contributed by atoms with van der Waals surface area (Å²) >= 11 is 0. The molecule has 1 N–H and O–H groups in total. The van der Waals surface area contributed by atoms with E-state index in [1.165, 1.54) is 0 Å². The van der Waals surface area contributed by atoms with Gasteiger partial charge in [-0.3, -0.25) is 0 Å². The third-order valence-corrected chi connectivity index (χ3v) is 2.37. The molecule has 1 rings (SSSR count). The van der Waals surface area contributed by atoms with Crippen molar-refractivity contribution >= 4 is 0 Å². The summed E-state index contributed by atoms with van der Waals surface area (Å²) in [6, 6.07) is 0. The fourth-order valence-electron chi connectivity index (χ4n) is 1.15. The summed E-state index contributed by atoms with van der Waals surface area (Å²) in [4.78, 5) is 0. The standard InChI is InChI=1S/C7H14O2/c1-4-5(2)7(8)9-6(4)3/h4-8H,1-3H3/t4-,5?,6?,7?/m0/s1. The van der Waals surface area contributed by atoms with Crippen LogP contribution in [0.3, 0.4) is 0 Å². The minimum Gasteiger partial charge on any atom is -0.368 e. The van der Waals surface area contributed by atoms with Crippen LogP contribution in [0.4, 0.5) is 0 Å². The average Bonchev–Trinajstić information content (AvgIpc) is 1.98. The lowest BCUT2D eigenvalue weighted by Gasteiger charge is -2.09. The van der Waals surface area contributed by atoms with Crippen molar-refractivity contribution in [2.24, 2.45) is 11.8 Å². The van der Waals surface area contributed by atoms with Gasteiger partial charge in [-0.25, -0.2) is 0 Å². The van der Waals surface area contributed by atoms with E-state index in [0.29, 0.717) is 11.8 Å². The molecule has 1 aliphatic heterocycles. The van der Waals surface area contributed by atoms with Crippen molar-refractivity contribution in [1.82, 2.24) is 0 Å². The molecule has 0 bridgehead atoms. The molecule has 0 radical (unpaired) electrons. The highest BCUT2D eigenvalue weighted by Crippen LogP contribution is 2.29. The Morgan fingerprint density at radius 1 is 1.11 bits per heavy atom. The van der Waals surface area contributed by atoms with Crippen molar-refractivity contribution in [1.29, 1.82) is 0 Å². The maximum Gasteiger partial charge on any atom is 0.157 e. The van der Waals surface area contributed by atoms with E-state index in [0.717, 1.165) is 0 Å². The van der Waals surface area contributed by atoms with Gasteiger partial charge >= 0.3 is 0 Å². The molecule has 54 valence electrons. The van der Waals surface area contributed by atoms with Crippen LogP contribution in [-0.4, -0.2) is 17.5 Å². The van der Waals surface area contributed by atoms with Crippen molar-refractivity contribution in [2.75, 3.05) is 0 Å². The zero-order valence-electron chi connectivity index (χ0n) is 6.16. The smallest absolute Gasteiger partial charge is 0.157 e. The molecule has 2 nitrogen and oxygen atoms in total. The molecule has 3 unspecified atom stereocenters. The molecule has 0 spiro atoms. The van der Waals surface area contributed by atoms with Crippen LogP contribution in [0, 0.1) is 11.8 Å². The molecule has 1 saturated heterocycles. The van der Waals surface area contributed by atoms with Gasteiger partial charge in [0.05, 0.1) is 6.10 Å². The molecule has 1 fully saturated rings. The zero-order valence-corrected chi connectivity index (χ0v) is 6.16. The first-order valence-electron chi connectivity index (χ1n) is 3.46. The largest absolute Gasteiger partial charge is 0.368 e. The Hall–Kier alpha value is -0.0800. The first kappa shape index (κ1) is 7.03. The molecule has 9 heavy (non-hydrogen) atoms. The van der Waals surface area contributed by atoms with Crippen LogP contribution in [0.15, 0.2) is 0 Å². The third kappa shape index (κ3) is 1.10. The summed E-state index contributed by atoms with van der Waals surface area (Å²) < 4.78 is 5.14. The summed E-state index contributed by atoms with van der Waals surface area (Å²) in [5.74, 6) is 0.778. The van der Waals surface area contributed by atoms with Crippen LogP contribution < -0.4 is 0 Å². The second kappa shape index (κ2) is 2.27. The zero-order chi connectivity index (χ0) is 7.02. The van der Waals surface area contributed by atoms with Gasteiger partial charge < -0.3 is 9.84 Å². The highest BCUT2D eigenvalue weighted by Gasteiger charge is 2.34.